The van der Waals surface area contributed by atoms with Crippen LogP contribution in [0.5, 0.6) is 0 Å². The Bertz CT molecular complexity index is 553. The van der Waals surface area contributed by atoms with Gasteiger partial charge in [-0.15, -0.1) is 0 Å². The van der Waals surface area contributed by atoms with Crippen LogP contribution in [0.3, 0.4) is 0 Å². The number of aromatic nitrogens is 2. The SMILES string of the molecule is Cc1ccccc1Cc1nccc(C(=O)O)n1. The number of carboxylic acid groups (broad SMARTS) is 1. The molecular weight excluding hydrogens is 216 g/mol. The summed E-state index contributed by atoms with van der Waals surface area (Å²) in [6.45, 7) is 2.01. The number of carbonyl (C=O) groups is 1. The predicted octanol–water partition coefficient (Wildman–Crippen LogP) is 2.07. The Morgan fingerprint density at radius 1 is 1.29 bits per heavy atom. The first kappa shape index (κ1) is 11.3. The van der Waals surface area contributed by atoms with E-state index in [-0.39, 0.29) is 5.69 Å². The van der Waals surface area contributed by atoms with Gasteiger partial charge in [0.2, 0.25) is 0 Å². The molecule has 0 bridgehead atoms. The minimum atomic E-state index is -1.03. The van der Waals surface area contributed by atoms with E-state index in [1.807, 2.05) is 31.2 Å². The van der Waals surface area contributed by atoms with E-state index in [0.29, 0.717) is 12.2 Å². The lowest BCUT2D eigenvalue weighted by molar-refractivity contribution is 0.0690. The minimum absolute atomic E-state index is 0.0311. The summed E-state index contributed by atoms with van der Waals surface area (Å²) in [5.74, 6) is -0.502. The minimum Gasteiger partial charge on any atom is -0.477 e. The van der Waals surface area contributed by atoms with E-state index in [4.69, 9.17) is 5.11 Å². The first-order valence-corrected chi connectivity index (χ1v) is 5.26. The van der Waals surface area contributed by atoms with Crippen molar-refractivity contribution in [3.8, 4) is 0 Å². The van der Waals surface area contributed by atoms with Crippen LogP contribution in [0.4, 0.5) is 0 Å². The van der Waals surface area contributed by atoms with Crippen molar-refractivity contribution < 1.29 is 9.90 Å². The second kappa shape index (κ2) is 4.74. The first-order chi connectivity index (χ1) is 8.16. The molecular formula is C13H12N2O2. The highest BCUT2D eigenvalue weighted by molar-refractivity contribution is 5.85. The summed E-state index contributed by atoms with van der Waals surface area (Å²) in [7, 11) is 0. The summed E-state index contributed by atoms with van der Waals surface area (Å²) in [5.41, 5.74) is 2.29. The van der Waals surface area contributed by atoms with Gasteiger partial charge in [-0.3, -0.25) is 0 Å². The first-order valence-electron chi connectivity index (χ1n) is 5.26. The lowest BCUT2D eigenvalue weighted by atomic mass is 10.1. The molecule has 0 saturated carbocycles. The lowest BCUT2D eigenvalue weighted by Crippen LogP contribution is -2.05. The Balaban J connectivity index is 2.28. The van der Waals surface area contributed by atoms with Crippen molar-refractivity contribution in [3.63, 3.8) is 0 Å². The molecule has 0 amide bonds. The van der Waals surface area contributed by atoms with Gasteiger partial charge in [0.05, 0.1) is 0 Å². The van der Waals surface area contributed by atoms with E-state index in [9.17, 15) is 4.79 Å². The Morgan fingerprint density at radius 2 is 2.06 bits per heavy atom. The number of benzene rings is 1. The Hall–Kier alpha value is -2.23. The van der Waals surface area contributed by atoms with Crippen LogP contribution in [0.1, 0.15) is 27.4 Å². The molecule has 2 aromatic rings. The molecule has 4 nitrogen and oxygen atoms in total. The standard InChI is InChI=1S/C13H12N2O2/c1-9-4-2-3-5-10(9)8-12-14-7-6-11(15-12)13(16)17/h2-7H,8H2,1H3,(H,16,17). The molecule has 0 spiro atoms. The maximum absolute atomic E-state index is 10.8. The van der Waals surface area contributed by atoms with Crippen LogP contribution in [0.15, 0.2) is 36.5 Å². The van der Waals surface area contributed by atoms with Gasteiger partial charge in [-0.25, -0.2) is 14.8 Å². The van der Waals surface area contributed by atoms with Crippen molar-refractivity contribution in [2.45, 2.75) is 13.3 Å². The molecule has 1 aromatic carbocycles. The van der Waals surface area contributed by atoms with Crippen LogP contribution in [-0.4, -0.2) is 21.0 Å². The molecule has 1 heterocycles. The average Bonchev–Trinajstić information content (AvgIpc) is 2.32. The number of nitrogens with zero attached hydrogens (tertiary/aromatic N) is 2. The van der Waals surface area contributed by atoms with Crippen molar-refractivity contribution in [3.05, 3.63) is 59.2 Å². The van der Waals surface area contributed by atoms with E-state index in [1.165, 1.54) is 12.3 Å². The van der Waals surface area contributed by atoms with Crippen molar-refractivity contribution in [2.24, 2.45) is 0 Å². The van der Waals surface area contributed by atoms with Crippen molar-refractivity contribution >= 4 is 5.97 Å². The van der Waals surface area contributed by atoms with Gasteiger partial charge in [-0.1, -0.05) is 24.3 Å². The van der Waals surface area contributed by atoms with E-state index >= 15 is 0 Å². The highest BCUT2D eigenvalue weighted by Gasteiger charge is 2.07. The van der Waals surface area contributed by atoms with Gasteiger partial charge in [-0.05, 0) is 24.1 Å². The number of carboxylic acids is 1. The second-order valence-corrected chi connectivity index (χ2v) is 3.77. The third-order valence-electron chi connectivity index (χ3n) is 2.53. The van der Waals surface area contributed by atoms with Crippen molar-refractivity contribution in [2.75, 3.05) is 0 Å². The number of hydrogen-bond donors (Lipinski definition) is 1. The lowest BCUT2D eigenvalue weighted by Gasteiger charge is -2.04. The van der Waals surface area contributed by atoms with Crippen LogP contribution >= 0.6 is 0 Å². The molecule has 86 valence electrons. The van der Waals surface area contributed by atoms with Crippen molar-refractivity contribution in [1.82, 2.24) is 9.97 Å². The van der Waals surface area contributed by atoms with Gasteiger partial charge in [0, 0.05) is 12.6 Å². The van der Waals surface area contributed by atoms with E-state index < -0.39 is 5.97 Å². The molecule has 0 saturated heterocycles. The highest BCUT2D eigenvalue weighted by atomic mass is 16.4. The largest absolute Gasteiger partial charge is 0.477 e. The molecule has 4 heteroatoms. The van der Waals surface area contributed by atoms with Crippen LogP contribution < -0.4 is 0 Å². The van der Waals surface area contributed by atoms with Crippen LogP contribution in [0.25, 0.3) is 0 Å². The molecule has 2 rings (SSSR count). The van der Waals surface area contributed by atoms with Crippen LogP contribution in [0, 0.1) is 6.92 Å². The number of hydrogen-bond acceptors (Lipinski definition) is 3. The maximum Gasteiger partial charge on any atom is 0.354 e. The van der Waals surface area contributed by atoms with Gasteiger partial charge in [0.25, 0.3) is 0 Å². The normalized spacial score (nSPS) is 10.2. The molecule has 0 radical (unpaired) electrons. The molecule has 17 heavy (non-hydrogen) atoms. The third-order valence-corrected chi connectivity index (χ3v) is 2.53. The van der Waals surface area contributed by atoms with E-state index in [2.05, 4.69) is 9.97 Å². The molecule has 0 aliphatic carbocycles. The van der Waals surface area contributed by atoms with Crippen LogP contribution in [0.2, 0.25) is 0 Å². The fourth-order valence-electron chi connectivity index (χ4n) is 1.58. The van der Waals surface area contributed by atoms with Gasteiger partial charge in [-0.2, -0.15) is 0 Å². The third kappa shape index (κ3) is 2.66. The smallest absolute Gasteiger partial charge is 0.354 e. The summed E-state index contributed by atoms with van der Waals surface area (Å²) in [6, 6.07) is 9.31. The summed E-state index contributed by atoms with van der Waals surface area (Å²) < 4.78 is 0. The molecule has 0 aliphatic rings. The summed E-state index contributed by atoms with van der Waals surface area (Å²) in [4.78, 5) is 18.9. The fraction of sp³-hybridized carbons (Fsp3) is 0.154. The summed E-state index contributed by atoms with van der Waals surface area (Å²) in [5, 5.41) is 8.84. The molecule has 0 fully saturated rings. The maximum atomic E-state index is 10.8. The van der Waals surface area contributed by atoms with Gasteiger partial charge >= 0.3 is 5.97 Å². The topological polar surface area (TPSA) is 63.1 Å². The number of rotatable bonds is 3. The van der Waals surface area contributed by atoms with E-state index in [0.717, 1.165) is 11.1 Å². The zero-order valence-electron chi connectivity index (χ0n) is 9.42. The van der Waals surface area contributed by atoms with Crippen molar-refractivity contribution in [1.29, 1.82) is 0 Å². The highest BCUT2D eigenvalue weighted by Crippen LogP contribution is 2.11. The zero-order chi connectivity index (χ0) is 12.3. The number of aromatic carboxylic acids is 1. The van der Waals surface area contributed by atoms with Gasteiger partial charge in [0.15, 0.2) is 5.69 Å². The zero-order valence-corrected chi connectivity index (χ0v) is 9.42. The van der Waals surface area contributed by atoms with E-state index in [1.54, 1.807) is 0 Å². The van der Waals surface area contributed by atoms with Crippen LogP contribution in [-0.2, 0) is 6.42 Å². The second-order valence-electron chi connectivity index (χ2n) is 3.77. The predicted molar refractivity (Wildman–Crippen MR) is 63.0 cm³/mol. The average molecular weight is 228 g/mol. The Morgan fingerprint density at radius 3 is 2.76 bits per heavy atom. The molecule has 0 unspecified atom stereocenters. The monoisotopic (exact) mass is 228 g/mol. The van der Waals surface area contributed by atoms with Gasteiger partial charge in [0.1, 0.15) is 5.82 Å². The molecule has 1 aromatic heterocycles. The Kier molecular flexibility index (Phi) is 3.14. The number of aryl methyl sites for hydroxylation is 1. The quantitative estimate of drug-likeness (QED) is 0.873. The Labute approximate surface area is 99.0 Å². The summed E-state index contributed by atoms with van der Waals surface area (Å²) in [6.07, 6.45) is 2.03. The molecule has 1 N–H and O–H groups in total. The molecule has 0 aliphatic heterocycles. The fourth-order valence-corrected chi connectivity index (χ4v) is 1.58. The van der Waals surface area contributed by atoms with Gasteiger partial charge < -0.3 is 5.11 Å². The summed E-state index contributed by atoms with van der Waals surface area (Å²) >= 11 is 0. The molecule has 0 atom stereocenters.